The summed E-state index contributed by atoms with van der Waals surface area (Å²) in [6.45, 7) is 7.68. The molecule has 0 amide bonds. The fraction of sp³-hybridized carbons (Fsp3) is 0.923. The van der Waals surface area contributed by atoms with Crippen LogP contribution in [0.5, 0.6) is 0 Å². The highest BCUT2D eigenvalue weighted by Gasteiger charge is 2.45. The van der Waals surface area contributed by atoms with E-state index in [1.807, 2.05) is 7.05 Å². The molecule has 112 valence electrons. The second-order valence-electron chi connectivity index (χ2n) is 6.34. The van der Waals surface area contributed by atoms with Crippen LogP contribution in [-0.4, -0.2) is 43.3 Å². The first-order valence-corrected chi connectivity index (χ1v) is 7.32. The van der Waals surface area contributed by atoms with Gasteiger partial charge in [-0.1, -0.05) is 27.7 Å². The molecule has 6 heteroatoms. The highest BCUT2D eigenvalue weighted by Crippen LogP contribution is 2.35. The molecule has 0 aromatic rings. The van der Waals surface area contributed by atoms with Crippen LogP contribution in [0.15, 0.2) is 0 Å². The Morgan fingerprint density at radius 1 is 1.37 bits per heavy atom. The van der Waals surface area contributed by atoms with Gasteiger partial charge in [-0.3, -0.25) is 4.79 Å². The van der Waals surface area contributed by atoms with Gasteiger partial charge in [-0.15, -0.1) is 11.6 Å². The van der Waals surface area contributed by atoms with Gasteiger partial charge in [0.2, 0.25) is 6.48 Å². The molecular weight excluding hydrogens is 243 g/mol. The van der Waals surface area contributed by atoms with Gasteiger partial charge in [0.15, 0.2) is 0 Å². The van der Waals surface area contributed by atoms with E-state index in [1.165, 1.54) is 0 Å². The van der Waals surface area contributed by atoms with E-state index in [4.69, 9.17) is 4.65 Å². The van der Waals surface area contributed by atoms with Crippen molar-refractivity contribution in [2.75, 3.05) is 13.6 Å². The molecule has 0 aromatic heterocycles. The molecule has 0 aliphatic carbocycles. The maximum atomic E-state index is 12.0. The topological polar surface area (TPSA) is 70.6 Å². The summed E-state index contributed by atoms with van der Waals surface area (Å²) in [4.78, 5) is 12.0. The molecule has 2 atom stereocenters. The fourth-order valence-corrected chi connectivity index (χ4v) is 2.98. The van der Waals surface area contributed by atoms with Crippen molar-refractivity contribution in [1.29, 1.82) is 0 Å². The monoisotopic (exact) mass is 271 g/mol. The zero-order valence-electron chi connectivity index (χ0n) is 12.8. The smallest absolute Gasteiger partial charge is 0.273 e. The van der Waals surface area contributed by atoms with E-state index in [0.717, 1.165) is 6.54 Å². The van der Waals surface area contributed by atoms with Crippen molar-refractivity contribution in [2.24, 2.45) is 0 Å². The summed E-state index contributed by atoms with van der Waals surface area (Å²) in [5.41, 5.74) is 0. The van der Waals surface area contributed by atoms with Crippen molar-refractivity contribution in [2.45, 2.75) is 64.3 Å². The Balaban J connectivity index is 2.66. The van der Waals surface area contributed by atoms with Crippen LogP contribution >= 0.6 is 0 Å². The number of aliphatic hydroxyl groups is 1. The van der Waals surface area contributed by atoms with E-state index < -0.39 is 12.6 Å². The molecule has 1 rings (SSSR count). The normalized spacial score (nSPS) is 24.0. The lowest BCUT2D eigenvalue weighted by Gasteiger charge is -2.43. The van der Waals surface area contributed by atoms with Crippen LogP contribution in [0.1, 0.15) is 40.5 Å². The van der Waals surface area contributed by atoms with E-state index in [2.05, 4.69) is 38.2 Å². The standard InChI is InChI=1S/C13H28BN2O3/c1-9(2)14(10(3)4)16-12(13(18)19-14)8-11(17)6-7-15-5/h9-12,15-17H,6-8H2,1-5H3/q-1. The second kappa shape index (κ2) is 6.73. The average molecular weight is 271 g/mol. The zero-order valence-corrected chi connectivity index (χ0v) is 12.8. The van der Waals surface area contributed by atoms with Crippen LogP contribution in [0.2, 0.25) is 11.6 Å². The highest BCUT2D eigenvalue weighted by atomic mass is 16.5. The van der Waals surface area contributed by atoms with E-state index in [9.17, 15) is 9.90 Å². The molecule has 19 heavy (non-hydrogen) atoms. The van der Waals surface area contributed by atoms with Gasteiger partial charge in [-0.2, -0.15) is 0 Å². The van der Waals surface area contributed by atoms with Gasteiger partial charge < -0.3 is 20.3 Å². The highest BCUT2D eigenvalue weighted by molar-refractivity contribution is 6.77. The largest absolute Gasteiger partial charge is 0.673 e. The summed E-state index contributed by atoms with van der Waals surface area (Å²) in [7, 11) is 1.85. The number of nitrogens with one attached hydrogen (secondary N) is 2. The number of rotatable bonds is 7. The molecule has 0 spiro atoms. The molecule has 1 aliphatic heterocycles. The van der Waals surface area contributed by atoms with Gasteiger partial charge >= 0.3 is 0 Å². The van der Waals surface area contributed by atoms with Gasteiger partial charge in [0.1, 0.15) is 0 Å². The Kier molecular flexibility index (Phi) is 5.83. The predicted molar refractivity (Wildman–Crippen MR) is 78.1 cm³/mol. The van der Waals surface area contributed by atoms with Crippen molar-refractivity contribution in [1.82, 2.24) is 10.5 Å². The molecule has 1 aliphatic rings. The van der Waals surface area contributed by atoms with Gasteiger partial charge in [0.25, 0.3) is 5.97 Å². The third-order valence-corrected chi connectivity index (χ3v) is 4.27. The summed E-state index contributed by atoms with van der Waals surface area (Å²) in [5.74, 6) is 0.290. The summed E-state index contributed by atoms with van der Waals surface area (Å²) >= 11 is 0. The third-order valence-electron chi connectivity index (χ3n) is 4.27. The first-order valence-electron chi connectivity index (χ1n) is 7.32. The number of hydrogen-bond acceptors (Lipinski definition) is 5. The van der Waals surface area contributed by atoms with E-state index >= 15 is 0 Å². The number of carbonyl (C=O) groups is 1. The molecule has 2 unspecified atom stereocenters. The first kappa shape index (κ1) is 16.5. The minimum atomic E-state index is -1.34. The molecule has 1 saturated heterocycles. The molecule has 1 heterocycles. The van der Waals surface area contributed by atoms with Crippen LogP contribution in [0, 0.1) is 0 Å². The van der Waals surface area contributed by atoms with Crippen LogP contribution in [-0.2, 0) is 9.45 Å². The van der Waals surface area contributed by atoms with Crippen LogP contribution in [0.3, 0.4) is 0 Å². The van der Waals surface area contributed by atoms with Crippen LogP contribution in [0.4, 0.5) is 0 Å². The Hall–Kier alpha value is -0.585. The van der Waals surface area contributed by atoms with E-state index in [1.54, 1.807) is 0 Å². The Bertz CT molecular complexity index is 302. The van der Waals surface area contributed by atoms with Crippen LogP contribution in [0.25, 0.3) is 0 Å². The maximum absolute atomic E-state index is 12.0. The summed E-state index contributed by atoms with van der Waals surface area (Å²) < 4.78 is 5.68. The SMILES string of the molecule is CNCCC(O)CC1N[B-](C(C)C)(C(C)C)OC1=O. The zero-order chi connectivity index (χ0) is 14.6. The molecule has 5 nitrogen and oxygen atoms in total. The van der Waals surface area contributed by atoms with Crippen LogP contribution < -0.4 is 10.5 Å². The van der Waals surface area contributed by atoms with Gasteiger partial charge in [-0.05, 0) is 26.4 Å². The lowest BCUT2D eigenvalue weighted by molar-refractivity contribution is -0.135. The Labute approximate surface area is 116 Å². The fourth-order valence-electron chi connectivity index (χ4n) is 2.98. The summed E-state index contributed by atoms with van der Waals surface area (Å²) in [5, 5.41) is 16.3. The van der Waals surface area contributed by atoms with Gasteiger partial charge in [0.05, 0.1) is 12.1 Å². The quantitative estimate of drug-likeness (QED) is 0.605. The lowest BCUT2D eigenvalue weighted by Crippen LogP contribution is -2.55. The van der Waals surface area contributed by atoms with Crippen molar-refractivity contribution in [3.05, 3.63) is 0 Å². The summed E-state index contributed by atoms with van der Waals surface area (Å²) in [6, 6.07) is -0.378. The first-order chi connectivity index (χ1) is 8.83. The molecule has 0 radical (unpaired) electrons. The summed E-state index contributed by atoms with van der Waals surface area (Å²) in [6.07, 6.45) is 0.581. The molecule has 0 bridgehead atoms. The van der Waals surface area contributed by atoms with E-state index in [-0.39, 0.29) is 23.6 Å². The molecule has 0 saturated carbocycles. The van der Waals surface area contributed by atoms with Crippen molar-refractivity contribution >= 4 is 12.5 Å². The lowest BCUT2D eigenvalue weighted by atomic mass is 9.37. The number of carbonyl (C=O) groups excluding carboxylic acids is 1. The number of hydrogen-bond donors (Lipinski definition) is 3. The van der Waals surface area contributed by atoms with E-state index in [0.29, 0.717) is 12.8 Å². The predicted octanol–water partition coefficient (Wildman–Crippen LogP) is 1.12. The van der Waals surface area contributed by atoms with Gasteiger partial charge in [0, 0.05) is 0 Å². The van der Waals surface area contributed by atoms with Crippen molar-refractivity contribution in [3.8, 4) is 0 Å². The Morgan fingerprint density at radius 3 is 2.37 bits per heavy atom. The molecule has 3 N–H and O–H groups in total. The Morgan fingerprint density at radius 2 is 1.95 bits per heavy atom. The minimum Gasteiger partial charge on any atom is -0.673 e. The number of aliphatic hydroxyl groups excluding tert-OH is 1. The minimum absolute atomic E-state index is 0.217. The van der Waals surface area contributed by atoms with Crippen molar-refractivity contribution < 1.29 is 14.6 Å². The van der Waals surface area contributed by atoms with Gasteiger partial charge in [-0.25, -0.2) is 0 Å². The second-order valence-corrected chi connectivity index (χ2v) is 6.34. The molecule has 0 aromatic carbocycles. The maximum Gasteiger partial charge on any atom is 0.273 e. The molecular formula is C13H28BN2O3-. The average Bonchev–Trinajstić information content (AvgIpc) is 2.65. The molecule has 1 fully saturated rings. The van der Waals surface area contributed by atoms with Crippen molar-refractivity contribution in [3.63, 3.8) is 0 Å². The third kappa shape index (κ3) is 3.71.